The van der Waals surface area contributed by atoms with E-state index < -0.39 is 21.8 Å². The number of halogens is 1. The molecule has 0 aliphatic carbocycles. The molecule has 1 heterocycles. The van der Waals surface area contributed by atoms with Crippen LogP contribution in [0.5, 0.6) is 0 Å². The summed E-state index contributed by atoms with van der Waals surface area (Å²) in [5.41, 5.74) is 0. The molecule has 0 saturated heterocycles. The number of nitrogens with zero attached hydrogens (tertiary/aromatic N) is 1. The Morgan fingerprint density at radius 2 is 2.20 bits per heavy atom. The second-order valence-corrected chi connectivity index (χ2v) is 6.65. The minimum absolute atomic E-state index is 0.127. The molecule has 0 spiro atoms. The van der Waals surface area contributed by atoms with E-state index in [0.29, 0.717) is 0 Å². The first kappa shape index (κ1) is 17.2. The summed E-state index contributed by atoms with van der Waals surface area (Å²) in [5.74, 6) is -1.77. The zero-order valence-electron chi connectivity index (χ0n) is 11.3. The number of sulfonamides is 1. The molecule has 1 aromatic heterocycles. The molecule has 1 N–H and O–H groups in total. The fraction of sp³-hybridized carbons (Fsp3) is 0.545. The van der Waals surface area contributed by atoms with Crippen molar-refractivity contribution in [3.05, 3.63) is 16.5 Å². The van der Waals surface area contributed by atoms with Crippen LogP contribution in [0.15, 0.2) is 20.0 Å². The van der Waals surface area contributed by atoms with E-state index in [1.54, 1.807) is 13.8 Å². The number of likely N-dealkylation sites (N-methyl/N-ethyl adjacent to an activating group) is 1. The van der Waals surface area contributed by atoms with Crippen LogP contribution in [0.2, 0.25) is 0 Å². The lowest BCUT2D eigenvalue weighted by Gasteiger charge is -2.26. The minimum Gasteiger partial charge on any atom is -0.475 e. The third-order valence-corrected chi connectivity index (χ3v) is 5.61. The molecule has 7 nitrogen and oxygen atoms in total. The number of aromatic carboxylic acids is 1. The van der Waals surface area contributed by atoms with E-state index in [9.17, 15) is 13.2 Å². The third-order valence-electron chi connectivity index (χ3n) is 2.66. The molecule has 0 radical (unpaired) electrons. The summed E-state index contributed by atoms with van der Waals surface area (Å²) >= 11 is 2.94. The van der Waals surface area contributed by atoms with Gasteiger partial charge < -0.3 is 14.3 Å². The van der Waals surface area contributed by atoms with Crippen molar-refractivity contribution >= 4 is 31.9 Å². The van der Waals surface area contributed by atoms with Crippen molar-refractivity contribution in [1.82, 2.24) is 4.31 Å². The Hall–Kier alpha value is -0.900. The highest BCUT2D eigenvalue weighted by Crippen LogP contribution is 2.29. The molecule has 20 heavy (non-hydrogen) atoms. The molecular weight excluding hydrogens is 354 g/mol. The Morgan fingerprint density at radius 3 is 2.60 bits per heavy atom. The quantitative estimate of drug-likeness (QED) is 0.786. The predicted molar refractivity (Wildman–Crippen MR) is 74.3 cm³/mol. The summed E-state index contributed by atoms with van der Waals surface area (Å²) in [6.07, 6.45) is 0. The van der Waals surface area contributed by atoms with Gasteiger partial charge in [-0.1, -0.05) is 6.92 Å². The number of carboxylic acid groups (broad SMARTS) is 1. The Labute approximate surface area is 125 Å². The first-order chi connectivity index (χ1) is 9.25. The van der Waals surface area contributed by atoms with Gasteiger partial charge in [0, 0.05) is 25.8 Å². The molecule has 0 amide bonds. The second kappa shape index (κ2) is 6.70. The lowest BCUT2D eigenvalue weighted by atomic mass is 10.4. The Balaban J connectivity index is 3.24. The van der Waals surface area contributed by atoms with Crippen LogP contribution in [0.1, 0.15) is 24.4 Å². The Kier molecular flexibility index (Phi) is 5.75. The molecule has 1 atom stereocenters. The molecule has 9 heteroatoms. The Morgan fingerprint density at radius 1 is 1.60 bits per heavy atom. The van der Waals surface area contributed by atoms with Crippen LogP contribution in [0.25, 0.3) is 0 Å². The second-order valence-electron chi connectivity index (χ2n) is 4.07. The van der Waals surface area contributed by atoms with Gasteiger partial charge in [-0.2, -0.15) is 4.31 Å². The van der Waals surface area contributed by atoms with Gasteiger partial charge in [0.25, 0.3) is 0 Å². The van der Waals surface area contributed by atoms with Crippen LogP contribution >= 0.6 is 15.9 Å². The summed E-state index contributed by atoms with van der Waals surface area (Å²) in [4.78, 5) is 10.6. The van der Waals surface area contributed by atoms with Gasteiger partial charge in [-0.25, -0.2) is 13.2 Å². The average Bonchev–Trinajstić information content (AvgIpc) is 2.73. The standard InChI is InChI=1S/C11H16BrNO6S/c1-4-13(7(2)6-18-3)20(16,17)9-5-8(11(14)15)19-10(9)12/h5,7H,4,6H2,1-3H3,(H,14,15). The van der Waals surface area contributed by atoms with Crippen molar-refractivity contribution in [2.75, 3.05) is 20.3 Å². The highest BCUT2D eigenvalue weighted by molar-refractivity contribution is 9.10. The SMILES string of the molecule is CCN(C(C)COC)S(=O)(=O)c1cc(C(=O)O)oc1Br. The number of methoxy groups -OCH3 is 1. The van der Waals surface area contributed by atoms with E-state index >= 15 is 0 Å². The maximum atomic E-state index is 12.5. The van der Waals surface area contributed by atoms with E-state index in [1.165, 1.54) is 11.4 Å². The van der Waals surface area contributed by atoms with E-state index in [1.807, 2.05) is 0 Å². The summed E-state index contributed by atoms with van der Waals surface area (Å²) in [7, 11) is -2.39. The molecule has 0 fully saturated rings. The number of hydrogen-bond donors (Lipinski definition) is 1. The monoisotopic (exact) mass is 369 g/mol. The van der Waals surface area contributed by atoms with Crippen LogP contribution in [0.3, 0.4) is 0 Å². The summed E-state index contributed by atoms with van der Waals surface area (Å²) in [6.45, 7) is 3.85. The fourth-order valence-electron chi connectivity index (χ4n) is 1.80. The minimum atomic E-state index is -3.87. The van der Waals surface area contributed by atoms with Gasteiger partial charge in [-0.15, -0.1) is 0 Å². The van der Waals surface area contributed by atoms with E-state index in [4.69, 9.17) is 14.3 Å². The molecular formula is C11H16BrNO6S. The number of furan rings is 1. The molecule has 0 bridgehead atoms. The third kappa shape index (κ3) is 3.40. The first-order valence-electron chi connectivity index (χ1n) is 5.79. The van der Waals surface area contributed by atoms with Gasteiger partial charge in [0.2, 0.25) is 15.8 Å². The lowest BCUT2D eigenvalue weighted by Crippen LogP contribution is -2.40. The number of carboxylic acids is 1. The van der Waals surface area contributed by atoms with E-state index in [-0.39, 0.29) is 28.8 Å². The number of hydrogen-bond acceptors (Lipinski definition) is 5. The van der Waals surface area contributed by atoms with Crippen LogP contribution in [0, 0.1) is 0 Å². The van der Waals surface area contributed by atoms with Crippen LogP contribution in [-0.4, -0.2) is 50.1 Å². The zero-order chi connectivity index (χ0) is 15.5. The number of rotatable bonds is 7. The fourth-order valence-corrected chi connectivity index (χ4v) is 4.33. The van der Waals surface area contributed by atoms with Crippen LogP contribution in [0.4, 0.5) is 0 Å². The normalized spacial score (nSPS) is 13.7. The largest absolute Gasteiger partial charge is 0.475 e. The predicted octanol–water partition coefficient (Wildman–Crippen LogP) is 1.79. The van der Waals surface area contributed by atoms with Crippen molar-refractivity contribution in [1.29, 1.82) is 0 Å². The average molecular weight is 370 g/mol. The summed E-state index contributed by atoms with van der Waals surface area (Å²) in [6, 6.07) is 0.606. The first-order valence-corrected chi connectivity index (χ1v) is 8.02. The summed E-state index contributed by atoms with van der Waals surface area (Å²) in [5, 5.41) is 8.83. The maximum Gasteiger partial charge on any atom is 0.371 e. The van der Waals surface area contributed by atoms with Gasteiger partial charge in [-0.05, 0) is 22.9 Å². The molecule has 0 saturated carbocycles. The van der Waals surface area contributed by atoms with Crippen molar-refractivity contribution in [3.63, 3.8) is 0 Å². The van der Waals surface area contributed by atoms with Crippen molar-refractivity contribution < 1.29 is 27.5 Å². The highest BCUT2D eigenvalue weighted by atomic mass is 79.9. The van der Waals surface area contributed by atoms with Crippen molar-refractivity contribution in [2.45, 2.75) is 24.8 Å². The van der Waals surface area contributed by atoms with Gasteiger partial charge in [0.15, 0.2) is 4.67 Å². The van der Waals surface area contributed by atoms with Crippen molar-refractivity contribution in [2.24, 2.45) is 0 Å². The molecule has 114 valence electrons. The molecule has 1 unspecified atom stereocenters. The number of carbonyl (C=O) groups is 1. The number of ether oxygens (including phenoxy) is 1. The van der Waals surface area contributed by atoms with Crippen LogP contribution < -0.4 is 0 Å². The topological polar surface area (TPSA) is 97.0 Å². The molecule has 0 aliphatic rings. The molecule has 0 aliphatic heterocycles. The Bertz CT molecular complexity index is 582. The van der Waals surface area contributed by atoms with Gasteiger partial charge in [-0.3, -0.25) is 0 Å². The zero-order valence-corrected chi connectivity index (χ0v) is 13.7. The molecule has 1 rings (SSSR count). The van der Waals surface area contributed by atoms with E-state index in [0.717, 1.165) is 6.07 Å². The maximum absolute atomic E-state index is 12.5. The molecule has 1 aromatic rings. The van der Waals surface area contributed by atoms with Crippen molar-refractivity contribution in [3.8, 4) is 0 Å². The van der Waals surface area contributed by atoms with Gasteiger partial charge in [0.1, 0.15) is 4.90 Å². The smallest absolute Gasteiger partial charge is 0.371 e. The van der Waals surface area contributed by atoms with Gasteiger partial charge >= 0.3 is 5.97 Å². The lowest BCUT2D eigenvalue weighted by molar-refractivity contribution is 0.0661. The van der Waals surface area contributed by atoms with Crippen LogP contribution in [-0.2, 0) is 14.8 Å². The van der Waals surface area contributed by atoms with Gasteiger partial charge in [0.05, 0.1) is 6.61 Å². The highest BCUT2D eigenvalue weighted by Gasteiger charge is 2.32. The molecule has 0 aromatic carbocycles. The van der Waals surface area contributed by atoms with E-state index in [2.05, 4.69) is 15.9 Å². The summed E-state index contributed by atoms with van der Waals surface area (Å²) < 4.78 is 36.0.